The second kappa shape index (κ2) is 7.43. The number of carbonyl (C=O) groups is 1. The Labute approximate surface area is 139 Å². The largest absolute Gasteiger partial charge is 0.495 e. The maximum Gasteiger partial charge on any atom is 0.321 e. The van der Waals surface area contributed by atoms with Gasteiger partial charge in [0.2, 0.25) is 10.0 Å². The minimum absolute atomic E-state index is 0.0375. The van der Waals surface area contributed by atoms with Gasteiger partial charge in [-0.05, 0) is 37.0 Å². The van der Waals surface area contributed by atoms with Crippen LogP contribution in [0.25, 0.3) is 0 Å². The number of nitrogens with one attached hydrogen (secondary N) is 1. The Morgan fingerprint density at radius 3 is 2.45 bits per heavy atom. The third kappa shape index (κ3) is 4.69. The molecule has 0 spiro atoms. The number of carboxylic acid groups (broad SMARTS) is 1. The van der Waals surface area contributed by atoms with Crippen molar-refractivity contribution in [3.05, 3.63) is 22.2 Å². The molecule has 1 aromatic carbocycles. The van der Waals surface area contributed by atoms with Crippen LogP contribution in [0.4, 0.5) is 0 Å². The van der Waals surface area contributed by atoms with Gasteiger partial charge >= 0.3 is 5.97 Å². The Balaban J connectivity index is 3.23. The summed E-state index contributed by atoms with van der Waals surface area (Å²) >= 11 is 3.27. The first-order chi connectivity index (χ1) is 10.1. The number of halogens is 1. The fraction of sp³-hybridized carbons (Fsp3) is 0.500. The molecule has 1 unspecified atom stereocenters. The van der Waals surface area contributed by atoms with E-state index in [0.29, 0.717) is 4.47 Å². The zero-order valence-electron chi connectivity index (χ0n) is 12.9. The summed E-state index contributed by atoms with van der Waals surface area (Å²) in [5.41, 5.74) is 0.813. The molecule has 0 fully saturated rings. The van der Waals surface area contributed by atoms with Crippen LogP contribution in [0.15, 0.2) is 21.5 Å². The van der Waals surface area contributed by atoms with E-state index in [2.05, 4.69) is 20.7 Å². The van der Waals surface area contributed by atoms with E-state index in [4.69, 9.17) is 4.74 Å². The average Bonchev–Trinajstić information content (AvgIpc) is 2.39. The van der Waals surface area contributed by atoms with Gasteiger partial charge < -0.3 is 9.84 Å². The summed E-state index contributed by atoms with van der Waals surface area (Å²) in [6, 6.07) is 1.80. The van der Waals surface area contributed by atoms with Crippen LogP contribution in [-0.4, -0.2) is 32.6 Å². The highest BCUT2D eigenvalue weighted by atomic mass is 79.9. The number of sulfonamides is 1. The maximum absolute atomic E-state index is 12.5. The quantitative estimate of drug-likeness (QED) is 0.742. The molecule has 124 valence electrons. The number of carboxylic acids is 1. The lowest BCUT2D eigenvalue weighted by atomic mass is 10.1. The first-order valence-corrected chi connectivity index (χ1v) is 8.95. The Kier molecular flexibility index (Phi) is 6.39. The number of hydrogen-bond acceptors (Lipinski definition) is 4. The third-order valence-corrected chi connectivity index (χ3v) is 5.38. The van der Waals surface area contributed by atoms with E-state index >= 15 is 0 Å². The van der Waals surface area contributed by atoms with Crippen molar-refractivity contribution in [3.63, 3.8) is 0 Å². The van der Waals surface area contributed by atoms with Crippen LogP contribution in [0.1, 0.15) is 25.8 Å². The predicted molar refractivity (Wildman–Crippen MR) is 86.6 cm³/mol. The summed E-state index contributed by atoms with van der Waals surface area (Å²) in [6.07, 6.45) is 0.198. The smallest absolute Gasteiger partial charge is 0.321 e. The van der Waals surface area contributed by atoms with E-state index in [9.17, 15) is 18.3 Å². The van der Waals surface area contributed by atoms with Crippen molar-refractivity contribution in [2.24, 2.45) is 5.92 Å². The minimum atomic E-state index is -4.02. The summed E-state index contributed by atoms with van der Waals surface area (Å²) in [6.45, 7) is 5.45. The number of aliphatic carboxylic acids is 1. The summed E-state index contributed by atoms with van der Waals surface area (Å²) in [4.78, 5) is 11.2. The summed E-state index contributed by atoms with van der Waals surface area (Å²) in [5, 5.41) is 9.19. The molecule has 22 heavy (non-hydrogen) atoms. The van der Waals surface area contributed by atoms with Gasteiger partial charge in [0, 0.05) is 4.47 Å². The fourth-order valence-corrected chi connectivity index (χ4v) is 3.80. The van der Waals surface area contributed by atoms with Crippen molar-refractivity contribution in [1.82, 2.24) is 4.72 Å². The van der Waals surface area contributed by atoms with Crippen LogP contribution in [-0.2, 0) is 14.8 Å². The van der Waals surface area contributed by atoms with Crippen molar-refractivity contribution < 1.29 is 23.1 Å². The first-order valence-electron chi connectivity index (χ1n) is 6.67. The zero-order chi connectivity index (χ0) is 17.1. The molecule has 0 amide bonds. The van der Waals surface area contributed by atoms with Crippen molar-refractivity contribution >= 4 is 31.9 Å². The number of rotatable bonds is 7. The molecule has 1 aromatic rings. The Morgan fingerprint density at radius 1 is 1.41 bits per heavy atom. The van der Waals surface area contributed by atoms with Gasteiger partial charge in [-0.25, -0.2) is 8.42 Å². The van der Waals surface area contributed by atoms with Crippen molar-refractivity contribution in [2.75, 3.05) is 7.11 Å². The Morgan fingerprint density at radius 2 is 2.00 bits per heavy atom. The molecular formula is C14H20BrNO5S. The average molecular weight is 394 g/mol. The van der Waals surface area contributed by atoms with E-state index in [1.54, 1.807) is 13.0 Å². The second-order valence-corrected chi connectivity index (χ2v) is 7.93. The van der Waals surface area contributed by atoms with E-state index in [1.807, 2.05) is 13.8 Å². The van der Waals surface area contributed by atoms with Gasteiger partial charge in [-0.1, -0.05) is 29.8 Å². The van der Waals surface area contributed by atoms with Crippen molar-refractivity contribution in [3.8, 4) is 5.75 Å². The fourth-order valence-electron chi connectivity index (χ4n) is 1.93. The minimum Gasteiger partial charge on any atom is -0.495 e. The number of benzene rings is 1. The van der Waals surface area contributed by atoms with Crippen LogP contribution in [0.5, 0.6) is 5.75 Å². The molecule has 6 nitrogen and oxygen atoms in total. The Hall–Kier alpha value is -1.12. The third-order valence-electron chi connectivity index (χ3n) is 3.04. The van der Waals surface area contributed by atoms with E-state index < -0.39 is 22.0 Å². The summed E-state index contributed by atoms with van der Waals surface area (Å²) < 4.78 is 32.9. The van der Waals surface area contributed by atoms with Gasteiger partial charge in [0.25, 0.3) is 0 Å². The molecule has 0 heterocycles. The normalized spacial score (nSPS) is 13.2. The highest BCUT2D eigenvalue weighted by Crippen LogP contribution is 2.30. The number of aryl methyl sites for hydroxylation is 1. The molecule has 0 saturated carbocycles. The predicted octanol–water partition coefficient (Wildman–Crippen LogP) is 2.54. The van der Waals surface area contributed by atoms with Gasteiger partial charge in [-0.3, -0.25) is 4.79 Å². The molecule has 0 radical (unpaired) electrons. The van der Waals surface area contributed by atoms with Gasteiger partial charge in [0.05, 0.1) is 7.11 Å². The van der Waals surface area contributed by atoms with Crippen LogP contribution in [0.2, 0.25) is 0 Å². The monoisotopic (exact) mass is 393 g/mol. The zero-order valence-corrected chi connectivity index (χ0v) is 15.3. The van der Waals surface area contributed by atoms with Crippen LogP contribution in [0, 0.1) is 12.8 Å². The first kappa shape index (κ1) is 18.9. The molecular weight excluding hydrogens is 374 g/mol. The lowest BCUT2D eigenvalue weighted by molar-refractivity contribution is -0.139. The lowest BCUT2D eigenvalue weighted by Gasteiger charge is -2.18. The molecule has 0 bridgehead atoms. The van der Waals surface area contributed by atoms with Gasteiger partial charge in [-0.2, -0.15) is 4.72 Å². The SMILES string of the molecule is COc1cc(C)c(Br)cc1S(=O)(=O)NC(CC(C)C)C(=O)O. The van der Waals surface area contributed by atoms with Crippen LogP contribution >= 0.6 is 15.9 Å². The number of methoxy groups -OCH3 is 1. The van der Waals surface area contributed by atoms with E-state index in [-0.39, 0.29) is 23.0 Å². The number of ether oxygens (including phenoxy) is 1. The van der Waals surface area contributed by atoms with Crippen molar-refractivity contribution in [2.45, 2.75) is 38.1 Å². The molecule has 2 N–H and O–H groups in total. The molecule has 0 aliphatic rings. The Bertz CT molecular complexity index is 657. The highest BCUT2D eigenvalue weighted by Gasteiger charge is 2.28. The molecule has 1 atom stereocenters. The molecule has 0 saturated heterocycles. The number of hydrogen-bond donors (Lipinski definition) is 2. The van der Waals surface area contributed by atoms with Crippen LogP contribution < -0.4 is 9.46 Å². The van der Waals surface area contributed by atoms with Gasteiger partial charge in [-0.15, -0.1) is 0 Å². The summed E-state index contributed by atoms with van der Waals surface area (Å²) in [5.74, 6) is -1.00. The standard InChI is InChI=1S/C14H20BrNO5S/c1-8(2)5-11(14(17)18)16-22(19,20)13-7-10(15)9(3)6-12(13)21-4/h6-8,11,16H,5H2,1-4H3,(H,17,18). The molecule has 0 aliphatic carbocycles. The lowest BCUT2D eigenvalue weighted by Crippen LogP contribution is -2.41. The second-order valence-electron chi connectivity index (χ2n) is 5.39. The molecule has 0 aromatic heterocycles. The highest BCUT2D eigenvalue weighted by molar-refractivity contribution is 9.10. The molecule has 1 rings (SSSR count). The van der Waals surface area contributed by atoms with E-state index in [0.717, 1.165) is 5.56 Å². The maximum atomic E-state index is 12.5. The van der Waals surface area contributed by atoms with Gasteiger partial charge in [0.1, 0.15) is 16.7 Å². The van der Waals surface area contributed by atoms with Crippen molar-refractivity contribution in [1.29, 1.82) is 0 Å². The van der Waals surface area contributed by atoms with Gasteiger partial charge in [0.15, 0.2) is 0 Å². The van der Waals surface area contributed by atoms with E-state index in [1.165, 1.54) is 13.2 Å². The molecule has 0 aliphatic heterocycles. The summed E-state index contributed by atoms with van der Waals surface area (Å²) in [7, 11) is -2.65. The topological polar surface area (TPSA) is 92.7 Å². The molecule has 8 heteroatoms. The van der Waals surface area contributed by atoms with Crippen LogP contribution in [0.3, 0.4) is 0 Å².